The number of hydrogen-bond acceptors (Lipinski definition) is 3. The number of nitrogens with zero attached hydrogens (tertiary/aromatic N) is 1. The van der Waals surface area contributed by atoms with Gasteiger partial charge in [0.2, 0.25) is 5.91 Å². The number of hydrogen-bond donors (Lipinski definition) is 1. The van der Waals surface area contributed by atoms with Gasteiger partial charge in [-0.1, -0.05) is 0 Å². The Morgan fingerprint density at radius 1 is 1.56 bits per heavy atom. The summed E-state index contributed by atoms with van der Waals surface area (Å²) in [5.41, 5.74) is 0. The first-order chi connectivity index (χ1) is 7.33. The Bertz CT molecular complexity index is 257. The minimum Gasteiger partial charge on any atom is -0.394 e. The van der Waals surface area contributed by atoms with Crippen LogP contribution in [0.1, 0.15) is 13.3 Å². The van der Waals surface area contributed by atoms with E-state index >= 15 is 0 Å². The SMILES string of the molecule is CC1COC(CO)CN1C(=O)CC(F)(F)F. The fourth-order valence-electron chi connectivity index (χ4n) is 1.55. The van der Waals surface area contributed by atoms with Crippen molar-refractivity contribution in [3.8, 4) is 0 Å². The van der Waals surface area contributed by atoms with Crippen LogP contribution in [0.15, 0.2) is 0 Å². The monoisotopic (exact) mass is 241 g/mol. The predicted molar refractivity (Wildman–Crippen MR) is 48.7 cm³/mol. The summed E-state index contributed by atoms with van der Waals surface area (Å²) >= 11 is 0. The molecule has 1 rings (SSSR count). The van der Waals surface area contributed by atoms with Crippen molar-refractivity contribution in [3.05, 3.63) is 0 Å². The number of aliphatic hydroxyl groups excluding tert-OH is 1. The zero-order valence-electron chi connectivity index (χ0n) is 8.83. The number of carbonyl (C=O) groups is 1. The standard InChI is InChI=1S/C9H14F3NO3/c1-6-5-16-7(4-14)3-13(6)8(15)2-9(10,11)12/h6-7,14H,2-5H2,1H3. The van der Waals surface area contributed by atoms with E-state index in [-0.39, 0.29) is 19.8 Å². The molecule has 0 spiro atoms. The molecule has 1 amide bonds. The van der Waals surface area contributed by atoms with Gasteiger partial charge in [0.05, 0.1) is 25.4 Å². The van der Waals surface area contributed by atoms with E-state index in [0.717, 1.165) is 4.90 Å². The van der Waals surface area contributed by atoms with Crippen LogP contribution in [-0.2, 0) is 9.53 Å². The first-order valence-electron chi connectivity index (χ1n) is 4.92. The highest BCUT2D eigenvalue weighted by molar-refractivity contribution is 5.77. The van der Waals surface area contributed by atoms with E-state index in [1.165, 1.54) is 0 Å². The molecule has 1 aliphatic rings. The highest BCUT2D eigenvalue weighted by atomic mass is 19.4. The van der Waals surface area contributed by atoms with Crippen LogP contribution in [0.2, 0.25) is 0 Å². The molecule has 16 heavy (non-hydrogen) atoms. The molecule has 1 heterocycles. The van der Waals surface area contributed by atoms with Gasteiger partial charge in [-0.2, -0.15) is 13.2 Å². The number of rotatable bonds is 2. The molecule has 1 N–H and O–H groups in total. The molecule has 0 radical (unpaired) electrons. The Kier molecular flexibility index (Phi) is 4.15. The quantitative estimate of drug-likeness (QED) is 0.768. The minimum absolute atomic E-state index is 0.00653. The fourth-order valence-corrected chi connectivity index (χ4v) is 1.55. The smallest absolute Gasteiger partial charge is 0.394 e. The van der Waals surface area contributed by atoms with Gasteiger partial charge < -0.3 is 14.7 Å². The number of morpholine rings is 1. The van der Waals surface area contributed by atoms with Crippen LogP contribution in [-0.4, -0.2) is 54.0 Å². The molecule has 0 aliphatic carbocycles. The molecule has 0 aromatic carbocycles. The van der Waals surface area contributed by atoms with Crippen molar-refractivity contribution in [2.45, 2.75) is 31.7 Å². The summed E-state index contributed by atoms with van der Waals surface area (Å²) in [5.74, 6) is -0.971. The number of aliphatic hydroxyl groups is 1. The van der Waals surface area contributed by atoms with Crippen LogP contribution >= 0.6 is 0 Å². The van der Waals surface area contributed by atoms with Crippen molar-refractivity contribution < 1.29 is 27.8 Å². The lowest BCUT2D eigenvalue weighted by atomic mass is 10.2. The van der Waals surface area contributed by atoms with E-state index in [1.54, 1.807) is 6.92 Å². The minimum atomic E-state index is -4.50. The highest BCUT2D eigenvalue weighted by Gasteiger charge is 2.37. The summed E-state index contributed by atoms with van der Waals surface area (Å²) in [6, 6.07) is -0.391. The van der Waals surface area contributed by atoms with E-state index in [4.69, 9.17) is 9.84 Å². The van der Waals surface area contributed by atoms with Crippen LogP contribution in [0.5, 0.6) is 0 Å². The van der Waals surface area contributed by atoms with E-state index < -0.39 is 30.7 Å². The molecule has 0 bridgehead atoms. The zero-order chi connectivity index (χ0) is 12.3. The van der Waals surface area contributed by atoms with Crippen molar-refractivity contribution in [1.29, 1.82) is 0 Å². The van der Waals surface area contributed by atoms with Crippen molar-refractivity contribution in [1.82, 2.24) is 4.90 Å². The largest absolute Gasteiger partial charge is 0.397 e. The van der Waals surface area contributed by atoms with Crippen molar-refractivity contribution >= 4 is 5.91 Å². The van der Waals surface area contributed by atoms with E-state index in [0.29, 0.717) is 0 Å². The number of halogens is 3. The molecule has 0 aromatic rings. The van der Waals surface area contributed by atoms with E-state index in [1.807, 2.05) is 0 Å². The maximum Gasteiger partial charge on any atom is 0.397 e. The molecule has 0 aromatic heterocycles. The second-order valence-electron chi connectivity index (χ2n) is 3.82. The third-order valence-electron chi connectivity index (χ3n) is 2.38. The average Bonchev–Trinajstić information content (AvgIpc) is 2.15. The molecule has 1 saturated heterocycles. The fraction of sp³-hybridized carbons (Fsp3) is 0.889. The predicted octanol–water partition coefficient (Wildman–Crippen LogP) is 0.547. The lowest BCUT2D eigenvalue weighted by Gasteiger charge is -2.37. The molecular weight excluding hydrogens is 227 g/mol. The van der Waals surface area contributed by atoms with Crippen LogP contribution in [0, 0.1) is 0 Å². The summed E-state index contributed by atoms with van der Waals surface area (Å²) in [5, 5.41) is 8.82. The van der Waals surface area contributed by atoms with Crippen LogP contribution in [0.25, 0.3) is 0 Å². The lowest BCUT2D eigenvalue weighted by Crippen LogP contribution is -2.52. The third kappa shape index (κ3) is 3.64. The van der Waals surface area contributed by atoms with Gasteiger partial charge in [-0.3, -0.25) is 4.79 Å². The summed E-state index contributed by atoms with van der Waals surface area (Å²) in [4.78, 5) is 12.5. The number of alkyl halides is 3. The molecule has 1 aliphatic heterocycles. The molecular formula is C9H14F3NO3. The lowest BCUT2D eigenvalue weighted by molar-refractivity contribution is -0.170. The van der Waals surface area contributed by atoms with Gasteiger partial charge in [-0.05, 0) is 6.92 Å². The molecule has 4 nitrogen and oxygen atoms in total. The molecule has 0 saturated carbocycles. The van der Waals surface area contributed by atoms with Crippen molar-refractivity contribution in [2.75, 3.05) is 19.8 Å². The van der Waals surface area contributed by atoms with Gasteiger partial charge >= 0.3 is 6.18 Å². The topological polar surface area (TPSA) is 49.8 Å². The first kappa shape index (κ1) is 13.2. The summed E-state index contributed by atoms with van der Waals surface area (Å²) < 4.78 is 41.2. The van der Waals surface area contributed by atoms with Gasteiger partial charge in [0.25, 0.3) is 0 Å². The second-order valence-corrected chi connectivity index (χ2v) is 3.82. The van der Waals surface area contributed by atoms with Crippen molar-refractivity contribution in [2.24, 2.45) is 0 Å². The summed E-state index contributed by atoms with van der Waals surface area (Å²) in [7, 11) is 0. The van der Waals surface area contributed by atoms with Gasteiger partial charge in [0.1, 0.15) is 6.42 Å². The first-order valence-corrected chi connectivity index (χ1v) is 4.92. The Labute approximate surface area is 91.0 Å². The molecule has 2 unspecified atom stereocenters. The number of amides is 1. The zero-order valence-corrected chi connectivity index (χ0v) is 8.83. The van der Waals surface area contributed by atoms with Gasteiger partial charge in [0.15, 0.2) is 0 Å². The van der Waals surface area contributed by atoms with Crippen LogP contribution in [0.4, 0.5) is 13.2 Å². The average molecular weight is 241 g/mol. The molecule has 2 atom stereocenters. The Balaban J connectivity index is 2.59. The molecule has 7 heteroatoms. The normalized spacial score (nSPS) is 26.9. The molecule has 1 fully saturated rings. The maximum absolute atomic E-state index is 12.0. The van der Waals surface area contributed by atoms with E-state index in [2.05, 4.69) is 0 Å². The van der Waals surface area contributed by atoms with Crippen LogP contribution < -0.4 is 0 Å². The Morgan fingerprint density at radius 3 is 2.69 bits per heavy atom. The summed E-state index contributed by atoms with van der Waals surface area (Å²) in [6.07, 6.45) is -6.55. The van der Waals surface area contributed by atoms with Gasteiger partial charge in [-0.25, -0.2) is 0 Å². The Morgan fingerprint density at radius 2 is 2.19 bits per heavy atom. The third-order valence-corrected chi connectivity index (χ3v) is 2.38. The van der Waals surface area contributed by atoms with E-state index in [9.17, 15) is 18.0 Å². The van der Waals surface area contributed by atoms with Crippen molar-refractivity contribution in [3.63, 3.8) is 0 Å². The second kappa shape index (κ2) is 5.01. The highest BCUT2D eigenvalue weighted by Crippen LogP contribution is 2.22. The van der Waals surface area contributed by atoms with Gasteiger partial charge in [0, 0.05) is 6.54 Å². The summed E-state index contributed by atoms with van der Waals surface area (Å²) in [6.45, 7) is 1.46. The number of ether oxygens (including phenoxy) is 1. The molecule has 94 valence electrons. The van der Waals surface area contributed by atoms with Gasteiger partial charge in [-0.15, -0.1) is 0 Å². The maximum atomic E-state index is 12.0. The van der Waals surface area contributed by atoms with Crippen LogP contribution in [0.3, 0.4) is 0 Å². The number of carbonyl (C=O) groups excluding carboxylic acids is 1. The Hall–Kier alpha value is -0.820.